The van der Waals surface area contributed by atoms with Crippen LogP contribution in [0, 0.1) is 0 Å². The fourth-order valence-electron chi connectivity index (χ4n) is 1.58. The summed E-state index contributed by atoms with van der Waals surface area (Å²) in [6, 6.07) is 9.71. The van der Waals surface area contributed by atoms with Crippen LogP contribution in [0.25, 0.3) is 11.5 Å². The Balaban J connectivity index is 1.78. The molecule has 0 bridgehead atoms. The molecular formula is C14H19N3O2. The van der Waals surface area contributed by atoms with Gasteiger partial charge in [0, 0.05) is 18.7 Å². The Labute approximate surface area is 113 Å². The van der Waals surface area contributed by atoms with Gasteiger partial charge in [0.1, 0.15) is 0 Å². The van der Waals surface area contributed by atoms with E-state index in [9.17, 15) is 0 Å². The van der Waals surface area contributed by atoms with Crippen LogP contribution in [0.2, 0.25) is 0 Å². The average molecular weight is 261 g/mol. The Morgan fingerprint density at radius 2 is 2.05 bits per heavy atom. The van der Waals surface area contributed by atoms with E-state index < -0.39 is 0 Å². The molecule has 1 aromatic heterocycles. The van der Waals surface area contributed by atoms with E-state index in [-0.39, 0.29) is 6.10 Å². The molecule has 0 aliphatic carbocycles. The van der Waals surface area contributed by atoms with Crippen molar-refractivity contribution < 1.29 is 9.26 Å². The first-order chi connectivity index (χ1) is 9.25. The van der Waals surface area contributed by atoms with Crippen molar-refractivity contribution in [2.24, 2.45) is 0 Å². The maximum Gasteiger partial charge on any atom is 0.263 e. The number of hydrogen-bond donors (Lipinski definition) is 1. The molecular weight excluding hydrogens is 242 g/mol. The summed E-state index contributed by atoms with van der Waals surface area (Å²) < 4.78 is 10.6. The monoisotopic (exact) mass is 261 g/mol. The van der Waals surface area contributed by atoms with Crippen molar-refractivity contribution in [3.05, 3.63) is 30.3 Å². The van der Waals surface area contributed by atoms with Gasteiger partial charge >= 0.3 is 0 Å². The first-order valence-electron chi connectivity index (χ1n) is 6.50. The smallest absolute Gasteiger partial charge is 0.263 e. The maximum atomic E-state index is 5.45. The van der Waals surface area contributed by atoms with Gasteiger partial charge in [-0.15, -0.1) is 0 Å². The SMILES string of the molecule is CC(C)OCCCNc1noc(-c2ccccc2)n1. The molecule has 0 radical (unpaired) electrons. The second-order valence-corrected chi connectivity index (χ2v) is 4.49. The third kappa shape index (κ3) is 4.37. The molecule has 0 atom stereocenters. The van der Waals surface area contributed by atoms with Crippen LogP contribution in [-0.4, -0.2) is 29.4 Å². The minimum absolute atomic E-state index is 0.273. The summed E-state index contributed by atoms with van der Waals surface area (Å²) >= 11 is 0. The largest absolute Gasteiger partial charge is 0.379 e. The Bertz CT molecular complexity index is 482. The fourth-order valence-corrected chi connectivity index (χ4v) is 1.58. The molecule has 0 spiro atoms. The van der Waals surface area contributed by atoms with E-state index in [2.05, 4.69) is 15.5 Å². The van der Waals surface area contributed by atoms with Gasteiger partial charge in [-0.2, -0.15) is 4.98 Å². The molecule has 5 heteroatoms. The van der Waals surface area contributed by atoms with Crippen molar-refractivity contribution in [2.75, 3.05) is 18.5 Å². The number of anilines is 1. The zero-order valence-corrected chi connectivity index (χ0v) is 11.3. The molecule has 2 aromatic rings. The summed E-state index contributed by atoms with van der Waals surface area (Å²) in [5.74, 6) is 1.05. The average Bonchev–Trinajstić information content (AvgIpc) is 2.88. The van der Waals surface area contributed by atoms with E-state index in [0.29, 0.717) is 11.8 Å². The molecule has 5 nitrogen and oxygen atoms in total. The van der Waals surface area contributed by atoms with E-state index in [1.54, 1.807) is 0 Å². The number of nitrogens with one attached hydrogen (secondary N) is 1. The van der Waals surface area contributed by atoms with E-state index in [1.807, 2.05) is 44.2 Å². The van der Waals surface area contributed by atoms with E-state index in [4.69, 9.17) is 9.26 Å². The Morgan fingerprint density at radius 1 is 1.26 bits per heavy atom. The van der Waals surface area contributed by atoms with Crippen LogP contribution in [0.5, 0.6) is 0 Å². The number of benzene rings is 1. The van der Waals surface area contributed by atoms with Crippen molar-refractivity contribution in [3.8, 4) is 11.5 Å². The molecule has 19 heavy (non-hydrogen) atoms. The highest BCUT2D eigenvalue weighted by atomic mass is 16.5. The molecule has 0 unspecified atom stereocenters. The zero-order chi connectivity index (χ0) is 13.5. The second kappa shape index (κ2) is 6.89. The lowest BCUT2D eigenvalue weighted by atomic mass is 10.2. The molecule has 102 valence electrons. The van der Waals surface area contributed by atoms with Crippen LogP contribution in [0.15, 0.2) is 34.9 Å². The number of hydrogen-bond acceptors (Lipinski definition) is 5. The minimum Gasteiger partial charge on any atom is -0.379 e. The molecule has 2 rings (SSSR count). The standard InChI is InChI=1S/C14H19N3O2/c1-11(2)18-10-6-9-15-14-16-13(19-17-14)12-7-4-3-5-8-12/h3-5,7-8,11H,6,9-10H2,1-2H3,(H,15,17). The molecule has 1 heterocycles. The van der Waals surface area contributed by atoms with Gasteiger partial charge in [-0.25, -0.2) is 0 Å². The van der Waals surface area contributed by atoms with Gasteiger partial charge in [-0.3, -0.25) is 0 Å². The normalized spacial score (nSPS) is 10.9. The van der Waals surface area contributed by atoms with Gasteiger partial charge in [-0.1, -0.05) is 18.2 Å². The molecule has 1 N–H and O–H groups in total. The molecule has 0 aliphatic rings. The Kier molecular flexibility index (Phi) is 4.92. The van der Waals surface area contributed by atoms with Gasteiger partial charge in [0.15, 0.2) is 0 Å². The van der Waals surface area contributed by atoms with Crippen molar-refractivity contribution in [2.45, 2.75) is 26.4 Å². The van der Waals surface area contributed by atoms with Gasteiger partial charge in [0.25, 0.3) is 11.8 Å². The molecule has 0 fully saturated rings. The Hall–Kier alpha value is -1.88. The van der Waals surface area contributed by atoms with Crippen LogP contribution in [0.1, 0.15) is 20.3 Å². The number of ether oxygens (including phenoxy) is 1. The van der Waals surface area contributed by atoms with Crippen molar-refractivity contribution >= 4 is 5.95 Å². The third-order valence-corrected chi connectivity index (χ3v) is 2.50. The highest BCUT2D eigenvalue weighted by Gasteiger charge is 2.07. The summed E-state index contributed by atoms with van der Waals surface area (Å²) in [5, 5.41) is 7.00. The highest BCUT2D eigenvalue weighted by molar-refractivity contribution is 5.53. The highest BCUT2D eigenvalue weighted by Crippen LogP contribution is 2.17. The summed E-state index contributed by atoms with van der Waals surface area (Å²) in [6.07, 6.45) is 1.18. The van der Waals surface area contributed by atoms with Gasteiger partial charge < -0.3 is 14.6 Å². The number of nitrogens with zero attached hydrogens (tertiary/aromatic N) is 2. The predicted molar refractivity (Wildman–Crippen MR) is 73.9 cm³/mol. The fraction of sp³-hybridized carbons (Fsp3) is 0.429. The third-order valence-electron chi connectivity index (χ3n) is 2.50. The van der Waals surface area contributed by atoms with Crippen molar-refractivity contribution in [3.63, 3.8) is 0 Å². The lowest BCUT2D eigenvalue weighted by molar-refractivity contribution is 0.0787. The van der Waals surface area contributed by atoms with Crippen LogP contribution >= 0.6 is 0 Å². The molecule has 0 amide bonds. The quantitative estimate of drug-likeness (QED) is 0.776. The van der Waals surface area contributed by atoms with E-state index in [1.165, 1.54) is 0 Å². The topological polar surface area (TPSA) is 60.2 Å². The Morgan fingerprint density at radius 3 is 2.79 bits per heavy atom. The van der Waals surface area contributed by atoms with E-state index in [0.717, 1.165) is 25.1 Å². The maximum absolute atomic E-state index is 5.45. The zero-order valence-electron chi connectivity index (χ0n) is 11.3. The van der Waals surface area contributed by atoms with Crippen LogP contribution in [0.3, 0.4) is 0 Å². The summed E-state index contributed by atoms with van der Waals surface area (Å²) in [4.78, 5) is 4.28. The lowest BCUT2D eigenvalue weighted by Crippen LogP contribution is -2.09. The molecule has 0 saturated heterocycles. The number of aromatic nitrogens is 2. The van der Waals surface area contributed by atoms with E-state index >= 15 is 0 Å². The summed E-state index contributed by atoms with van der Waals surface area (Å²) in [6.45, 7) is 5.55. The molecule has 1 aromatic carbocycles. The van der Waals surface area contributed by atoms with Crippen LogP contribution in [0.4, 0.5) is 5.95 Å². The van der Waals surface area contributed by atoms with Gasteiger partial charge in [-0.05, 0) is 37.6 Å². The second-order valence-electron chi connectivity index (χ2n) is 4.49. The first-order valence-corrected chi connectivity index (χ1v) is 6.50. The van der Waals surface area contributed by atoms with Gasteiger partial charge in [0.2, 0.25) is 0 Å². The van der Waals surface area contributed by atoms with Crippen molar-refractivity contribution in [1.82, 2.24) is 10.1 Å². The van der Waals surface area contributed by atoms with Crippen molar-refractivity contribution in [1.29, 1.82) is 0 Å². The summed E-state index contributed by atoms with van der Waals surface area (Å²) in [7, 11) is 0. The molecule has 0 aliphatic heterocycles. The molecule has 0 saturated carbocycles. The van der Waals surface area contributed by atoms with Gasteiger partial charge in [0.05, 0.1) is 6.10 Å². The van der Waals surface area contributed by atoms with Crippen LogP contribution in [-0.2, 0) is 4.74 Å². The van der Waals surface area contributed by atoms with Crippen LogP contribution < -0.4 is 5.32 Å². The predicted octanol–water partition coefficient (Wildman–Crippen LogP) is 2.96. The minimum atomic E-state index is 0.273. The number of rotatable bonds is 7. The summed E-state index contributed by atoms with van der Waals surface area (Å²) in [5.41, 5.74) is 0.922. The lowest BCUT2D eigenvalue weighted by Gasteiger charge is -2.06. The first kappa shape index (κ1) is 13.5.